The maximum atomic E-state index is 10.5. The van der Waals surface area contributed by atoms with Crippen molar-refractivity contribution in [3.8, 4) is 0 Å². The molecule has 0 saturated heterocycles. The van der Waals surface area contributed by atoms with Gasteiger partial charge in [0.1, 0.15) is 4.33 Å². The number of hydrogen-bond donors (Lipinski definition) is 1. The molecule has 1 N–H and O–H groups in total. The van der Waals surface area contributed by atoms with Crippen LogP contribution in [0.4, 0.5) is 5.69 Å². The normalized spacial score (nSPS) is 22.5. The number of nitrogens with zero attached hydrogens (tertiary/aromatic N) is 1. The SMILES string of the molecule is [O-]N(O)c1ccc(CC2CC2(Cl)Cl)cc1. The molecule has 0 bridgehead atoms. The summed E-state index contributed by atoms with van der Waals surface area (Å²) in [6.07, 6.45) is 1.61. The van der Waals surface area contributed by atoms with E-state index >= 15 is 0 Å². The Morgan fingerprint density at radius 1 is 1.40 bits per heavy atom. The molecule has 1 aromatic rings. The zero-order valence-corrected chi connectivity index (χ0v) is 9.37. The molecule has 0 heterocycles. The number of halogens is 2. The van der Waals surface area contributed by atoms with Crippen LogP contribution in [-0.2, 0) is 6.42 Å². The average molecular weight is 247 g/mol. The average Bonchev–Trinajstić information content (AvgIpc) is 2.74. The molecule has 0 spiro atoms. The summed E-state index contributed by atoms with van der Waals surface area (Å²) in [6.45, 7) is 0. The van der Waals surface area contributed by atoms with E-state index in [4.69, 9.17) is 28.4 Å². The topological polar surface area (TPSA) is 46.5 Å². The second-order valence-corrected chi connectivity index (χ2v) is 5.35. The minimum absolute atomic E-state index is 0.158. The third-order valence-corrected chi connectivity index (χ3v) is 3.52. The highest BCUT2D eigenvalue weighted by molar-refractivity contribution is 6.50. The fourth-order valence-corrected chi connectivity index (χ4v) is 2.06. The van der Waals surface area contributed by atoms with Crippen LogP contribution < -0.4 is 5.23 Å². The number of alkyl halides is 2. The van der Waals surface area contributed by atoms with Crippen molar-refractivity contribution in [2.75, 3.05) is 5.23 Å². The molecule has 1 saturated carbocycles. The summed E-state index contributed by atoms with van der Waals surface area (Å²) in [6, 6.07) is 6.71. The Labute approximate surface area is 97.7 Å². The molecule has 0 aliphatic heterocycles. The second-order valence-electron chi connectivity index (χ2n) is 3.81. The Morgan fingerprint density at radius 2 is 1.93 bits per heavy atom. The van der Waals surface area contributed by atoms with Crippen LogP contribution in [0.1, 0.15) is 12.0 Å². The van der Waals surface area contributed by atoms with Crippen molar-refractivity contribution in [1.29, 1.82) is 0 Å². The van der Waals surface area contributed by atoms with Crippen molar-refractivity contribution in [3.63, 3.8) is 0 Å². The van der Waals surface area contributed by atoms with Crippen LogP contribution in [0.25, 0.3) is 0 Å². The maximum Gasteiger partial charge on any atom is 0.121 e. The van der Waals surface area contributed by atoms with Gasteiger partial charge in [-0.1, -0.05) is 12.1 Å². The lowest BCUT2D eigenvalue weighted by Gasteiger charge is -2.21. The van der Waals surface area contributed by atoms with Gasteiger partial charge in [0.25, 0.3) is 0 Å². The van der Waals surface area contributed by atoms with Gasteiger partial charge < -0.3 is 10.4 Å². The van der Waals surface area contributed by atoms with Crippen molar-refractivity contribution in [2.24, 2.45) is 5.92 Å². The molecule has 0 aromatic heterocycles. The van der Waals surface area contributed by atoms with Crippen molar-refractivity contribution in [2.45, 2.75) is 17.2 Å². The Hall–Kier alpha value is -0.480. The number of rotatable bonds is 3. The van der Waals surface area contributed by atoms with Crippen LogP contribution in [0, 0.1) is 11.1 Å². The molecular weight excluding hydrogens is 237 g/mol. The highest BCUT2D eigenvalue weighted by Crippen LogP contribution is 2.54. The van der Waals surface area contributed by atoms with Gasteiger partial charge in [-0.05, 0) is 36.5 Å². The molecule has 82 valence electrons. The van der Waals surface area contributed by atoms with Gasteiger partial charge in [-0.3, -0.25) is 5.21 Å². The summed E-state index contributed by atoms with van der Waals surface area (Å²) in [5, 5.41) is 19.0. The van der Waals surface area contributed by atoms with E-state index in [1.54, 1.807) is 24.3 Å². The molecule has 1 unspecified atom stereocenters. The zero-order chi connectivity index (χ0) is 11.1. The van der Waals surface area contributed by atoms with Gasteiger partial charge >= 0.3 is 0 Å². The number of anilines is 1. The predicted molar refractivity (Wildman–Crippen MR) is 60.3 cm³/mol. The molecule has 5 heteroatoms. The van der Waals surface area contributed by atoms with Crippen molar-refractivity contribution in [1.82, 2.24) is 0 Å². The molecule has 3 nitrogen and oxygen atoms in total. The standard InChI is InChI=1S/C10H10Cl2NO2/c11-10(12)6-8(10)5-7-1-3-9(4-2-7)13(14)15/h1-4,8,14H,5-6H2/q-1. The van der Waals surface area contributed by atoms with Gasteiger partial charge in [-0.15, -0.1) is 23.2 Å². The first kappa shape index (κ1) is 11.0. The molecular formula is C10H10Cl2NO2-. The Balaban J connectivity index is 1.99. The summed E-state index contributed by atoms with van der Waals surface area (Å²) in [4.78, 5) is 0. The number of benzene rings is 1. The Bertz CT molecular complexity index is 351. The predicted octanol–water partition coefficient (Wildman–Crippen LogP) is 3.12. The van der Waals surface area contributed by atoms with E-state index in [2.05, 4.69) is 0 Å². The van der Waals surface area contributed by atoms with E-state index in [0.717, 1.165) is 18.4 Å². The molecule has 0 amide bonds. The summed E-state index contributed by atoms with van der Waals surface area (Å²) in [7, 11) is 0. The minimum Gasteiger partial charge on any atom is -0.733 e. The van der Waals surface area contributed by atoms with Gasteiger partial charge in [-0.2, -0.15) is 0 Å². The lowest BCUT2D eigenvalue weighted by molar-refractivity contribution is 0.296. The zero-order valence-electron chi connectivity index (χ0n) is 7.86. The Morgan fingerprint density at radius 3 is 2.33 bits per heavy atom. The van der Waals surface area contributed by atoms with E-state index in [-0.39, 0.29) is 10.9 Å². The smallest absolute Gasteiger partial charge is 0.121 e. The number of hydrogen-bond acceptors (Lipinski definition) is 3. The van der Waals surface area contributed by atoms with E-state index < -0.39 is 4.33 Å². The molecule has 1 fully saturated rings. The monoisotopic (exact) mass is 246 g/mol. The summed E-state index contributed by atoms with van der Waals surface area (Å²) in [5.74, 6) is 0.296. The molecule has 1 aromatic carbocycles. The van der Waals surface area contributed by atoms with Gasteiger partial charge in [0, 0.05) is 0 Å². The van der Waals surface area contributed by atoms with Crippen molar-refractivity contribution in [3.05, 3.63) is 35.0 Å². The first-order valence-electron chi connectivity index (χ1n) is 4.62. The fourth-order valence-electron chi connectivity index (χ4n) is 1.54. The van der Waals surface area contributed by atoms with E-state index in [1.165, 1.54) is 0 Å². The second kappa shape index (κ2) is 3.83. The molecule has 2 rings (SSSR count). The van der Waals surface area contributed by atoms with Gasteiger partial charge in [-0.25, -0.2) is 0 Å². The van der Waals surface area contributed by atoms with Gasteiger partial charge in [0.15, 0.2) is 0 Å². The van der Waals surface area contributed by atoms with Crippen LogP contribution in [-0.4, -0.2) is 9.54 Å². The van der Waals surface area contributed by atoms with Crippen LogP contribution in [0.3, 0.4) is 0 Å². The lowest BCUT2D eigenvalue weighted by Crippen LogP contribution is -2.06. The molecule has 1 atom stereocenters. The van der Waals surface area contributed by atoms with Crippen molar-refractivity contribution < 1.29 is 5.21 Å². The maximum absolute atomic E-state index is 10.5. The van der Waals surface area contributed by atoms with E-state index in [9.17, 15) is 5.21 Å². The highest BCUT2D eigenvalue weighted by Gasteiger charge is 2.51. The van der Waals surface area contributed by atoms with E-state index in [0.29, 0.717) is 5.92 Å². The lowest BCUT2D eigenvalue weighted by atomic mass is 10.1. The van der Waals surface area contributed by atoms with Crippen LogP contribution >= 0.6 is 23.2 Å². The van der Waals surface area contributed by atoms with Crippen LogP contribution in [0.2, 0.25) is 0 Å². The fraction of sp³-hybridized carbons (Fsp3) is 0.400. The summed E-state index contributed by atoms with van der Waals surface area (Å²) >= 11 is 11.8. The first-order chi connectivity index (χ1) is 6.99. The molecule has 15 heavy (non-hydrogen) atoms. The third-order valence-electron chi connectivity index (χ3n) is 2.60. The molecule has 1 aliphatic rings. The van der Waals surface area contributed by atoms with Crippen molar-refractivity contribution >= 4 is 28.9 Å². The van der Waals surface area contributed by atoms with Gasteiger partial charge in [0.2, 0.25) is 0 Å². The molecule has 1 aliphatic carbocycles. The highest BCUT2D eigenvalue weighted by atomic mass is 35.5. The van der Waals surface area contributed by atoms with Gasteiger partial charge in [0.05, 0.1) is 5.69 Å². The summed E-state index contributed by atoms with van der Waals surface area (Å²) in [5.41, 5.74) is 1.28. The largest absolute Gasteiger partial charge is 0.733 e. The Kier molecular flexibility index (Phi) is 2.81. The first-order valence-corrected chi connectivity index (χ1v) is 5.37. The minimum atomic E-state index is -0.569. The quantitative estimate of drug-likeness (QED) is 0.659. The van der Waals surface area contributed by atoms with Crippen LogP contribution in [0.5, 0.6) is 0 Å². The summed E-state index contributed by atoms with van der Waals surface area (Å²) < 4.78 is -0.569. The third kappa shape index (κ3) is 2.55. The van der Waals surface area contributed by atoms with E-state index in [1.807, 2.05) is 0 Å². The molecule has 0 radical (unpaired) electrons. The van der Waals surface area contributed by atoms with Crippen LogP contribution in [0.15, 0.2) is 24.3 Å².